The minimum Gasteiger partial charge on any atom is -0.381 e. The van der Waals surface area contributed by atoms with Gasteiger partial charge in [-0.2, -0.15) is 5.10 Å². The number of sulfonamides is 1. The first-order valence-electron chi connectivity index (χ1n) is 5.29. The molecule has 0 radical (unpaired) electrons. The van der Waals surface area contributed by atoms with E-state index in [1.807, 2.05) is 13.8 Å². The Balaban J connectivity index is 2.24. The Kier molecular flexibility index (Phi) is 2.67. The summed E-state index contributed by atoms with van der Waals surface area (Å²) in [6, 6.07) is 0.0503. The van der Waals surface area contributed by atoms with E-state index >= 15 is 0 Å². The summed E-state index contributed by atoms with van der Waals surface area (Å²) < 4.78 is 28.0. The quantitative estimate of drug-likeness (QED) is 0.790. The second-order valence-corrected chi connectivity index (χ2v) is 5.86. The second kappa shape index (κ2) is 3.74. The van der Waals surface area contributed by atoms with Crippen molar-refractivity contribution in [3.05, 3.63) is 6.20 Å². The molecule has 3 N–H and O–H groups in total. The van der Waals surface area contributed by atoms with E-state index in [4.69, 9.17) is 5.73 Å². The molecule has 1 fully saturated rings. The first kappa shape index (κ1) is 11.4. The van der Waals surface area contributed by atoms with Crippen molar-refractivity contribution in [3.8, 4) is 0 Å². The van der Waals surface area contributed by atoms with Crippen molar-refractivity contribution in [2.45, 2.75) is 37.8 Å². The number of nitrogens with zero attached hydrogens (tertiary/aromatic N) is 2. The van der Waals surface area contributed by atoms with E-state index in [1.54, 1.807) is 0 Å². The summed E-state index contributed by atoms with van der Waals surface area (Å²) in [5.41, 5.74) is 5.58. The van der Waals surface area contributed by atoms with Crippen LogP contribution in [0.3, 0.4) is 0 Å². The first-order chi connectivity index (χ1) is 7.44. The van der Waals surface area contributed by atoms with Crippen LogP contribution in [0.5, 0.6) is 0 Å². The van der Waals surface area contributed by atoms with Crippen molar-refractivity contribution in [2.24, 2.45) is 5.92 Å². The van der Waals surface area contributed by atoms with Gasteiger partial charge >= 0.3 is 0 Å². The van der Waals surface area contributed by atoms with Gasteiger partial charge in [0.2, 0.25) is 10.0 Å². The monoisotopic (exact) mass is 244 g/mol. The zero-order valence-electron chi connectivity index (χ0n) is 9.34. The normalized spacial score (nSPS) is 24.6. The molecule has 16 heavy (non-hydrogen) atoms. The predicted molar refractivity (Wildman–Crippen MR) is 60.2 cm³/mol. The lowest BCUT2D eigenvalue weighted by molar-refractivity contribution is 0.578. The molecular formula is C9H16N4O2S. The number of anilines is 1. The Morgan fingerprint density at radius 1 is 1.69 bits per heavy atom. The van der Waals surface area contributed by atoms with Gasteiger partial charge in [-0.1, -0.05) is 6.92 Å². The van der Waals surface area contributed by atoms with Crippen molar-refractivity contribution in [2.75, 3.05) is 5.73 Å². The zero-order chi connectivity index (χ0) is 11.9. The molecule has 0 saturated heterocycles. The molecule has 1 saturated carbocycles. The summed E-state index contributed by atoms with van der Waals surface area (Å²) >= 11 is 0. The summed E-state index contributed by atoms with van der Waals surface area (Å²) in [6.45, 7) is 4.48. The number of nitrogens with one attached hydrogen (secondary N) is 1. The van der Waals surface area contributed by atoms with Gasteiger partial charge in [-0.3, -0.25) is 4.68 Å². The Morgan fingerprint density at radius 3 is 2.75 bits per heavy atom. The highest BCUT2D eigenvalue weighted by Gasteiger charge is 2.37. The van der Waals surface area contributed by atoms with Crippen molar-refractivity contribution < 1.29 is 8.42 Å². The SMILES string of the molecule is CCn1cc(S(=O)(=O)NC2CC2C)c(N)n1. The molecule has 2 atom stereocenters. The van der Waals surface area contributed by atoms with Crippen LogP contribution in [-0.4, -0.2) is 24.2 Å². The molecule has 0 bridgehead atoms. The van der Waals surface area contributed by atoms with E-state index in [0.29, 0.717) is 12.5 Å². The molecule has 1 aromatic heterocycles. The molecule has 6 nitrogen and oxygen atoms in total. The molecule has 1 aliphatic rings. The van der Waals surface area contributed by atoms with Crippen molar-refractivity contribution in [1.82, 2.24) is 14.5 Å². The molecule has 0 aromatic carbocycles. The Bertz CT molecular complexity index is 494. The second-order valence-electron chi connectivity index (χ2n) is 4.18. The maximum atomic E-state index is 11.9. The third-order valence-corrected chi connectivity index (χ3v) is 4.29. The number of aryl methyl sites for hydroxylation is 1. The average molecular weight is 244 g/mol. The molecule has 0 amide bonds. The van der Waals surface area contributed by atoms with Gasteiger partial charge in [0.25, 0.3) is 0 Å². The van der Waals surface area contributed by atoms with Gasteiger partial charge in [-0.25, -0.2) is 13.1 Å². The van der Waals surface area contributed by atoms with E-state index in [1.165, 1.54) is 10.9 Å². The number of rotatable bonds is 4. The average Bonchev–Trinajstić information content (AvgIpc) is 2.74. The number of nitrogens with two attached hydrogens (primary N) is 1. The molecular weight excluding hydrogens is 228 g/mol. The lowest BCUT2D eigenvalue weighted by Crippen LogP contribution is -2.27. The van der Waals surface area contributed by atoms with Crippen LogP contribution >= 0.6 is 0 Å². The third kappa shape index (κ3) is 2.05. The molecule has 1 aromatic rings. The van der Waals surface area contributed by atoms with Crippen LogP contribution in [0.4, 0.5) is 5.82 Å². The highest BCUT2D eigenvalue weighted by atomic mass is 32.2. The largest absolute Gasteiger partial charge is 0.381 e. The summed E-state index contributed by atoms with van der Waals surface area (Å²) in [5.74, 6) is 0.472. The summed E-state index contributed by atoms with van der Waals surface area (Å²) in [4.78, 5) is 0.0773. The van der Waals surface area contributed by atoms with Gasteiger partial charge in [-0.15, -0.1) is 0 Å². The predicted octanol–water partition coefficient (Wildman–Crippen LogP) is 0.172. The fourth-order valence-electron chi connectivity index (χ4n) is 1.54. The molecule has 1 aliphatic carbocycles. The van der Waals surface area contributed by atoms with Crippen molar-refractivity contribution >= 4 is 15.8 Å². The summed E-state index contributed by atoms with van der Waals surface area (Å²) in [7, 11) is -3.51. The van der Waals surface area contributed by atoms with Gasteiger partial charge in [0.1, 0.15) is 4.90 Å². The van der Waals surface area contributed by atoms with Gasteiger partial charge < -0.3 is 5.73 Å². The Labute approximate surface area is 94.9 Å². The molecule has 2 unspecified atom stereocenters. The van der Waals surface area contributed by atoms with Crippen LogP contribution in [0, 0.1) is 5.92 Å². The Morgan fingerprint density at radius 2 is 2.31 bits per heavy atom. The molecule has 2 rings (SSSR count). The van der Waals surface area contributed by atoms with Crippen LogP contribution in [0.25, 0.3) is 0 Å². The fraction of sp³-hybridized carbons (Fsp3) is 0.667. The first-order valence-corrected chi connectivity index (χ1v) is 6.77. The standard InChI is InChI=1S/C9H16N4O2S/c1-3-13-5-8(9(10)11-13)16(14,15)12-7-4-6(7)2/h5-7,12H,3-4H2,1-2H3,(H2,10,11). The van der Waals surface area contributed by atoms with E-state index in [0.717, 1.165) is 6.42 Å². The lowest BCUT2D eigenvalue weighted by Gasteiger charge is -2.03. The molecule has 7 heteroatoms. The molecule has 90 valence electrons. The van der Waals surface area contributed by atoms with Crippen LogP contribution < -0.4 is 10.5 Å². The number of aromatic nitrogens is 2. The maximum Gasteiger partial charge on any atom is 0.246 e. The lowest BCUT2D eigenvalue weighted by atomic mass is 10.5. The van der Waals surface area contributed by atoms with Crippen LogP contribution in [0.2, 0.25) is 0 Å². The number of hydrogen-bond donors (Lipinski definition) is 2. The molecule has 0 spiro atoms. The topological polar surface area (TPSA) is 90.0 Å². The van der Waals surface area contributed by atoms with Gasteiger partial charge in [0.05, 0.1) is 0 Å². The number of nitrogen functional groups attached to an aromatic ring is 1. The minimum atomic E-state index is -3.51. The van der Waals surface area contributed by atoms with Gasteiger partial charge in [0.15, 0.2) is 5.82 Å². The Hall–Kier alpha value is -1.08. The maximum absolute atomic E-state index is 11.9. The van der Waals surface area contributed by atoms with Crippen molar-refractivity contribution in [3.63, 3.8) is 0 Å². The molecule has 0 aliphatic heterocycles. The van der Waals surface area contributed by atoms with E-state index in [-0.39, 0.29) is 16.8 Å². The van der Waals surface area contributed by atoms with Crippen LogP contribution in [0.1, 0.15) is 20.3 Å². The highest BCUT2D eigenvalue weighted by Crippen LogP contribution is 2.31. The van der Waals surface area contributed by atoms with E-state index < -0.39 is 10.0 Å². The highest BCUT2D eigenvalue weighted by molar-refractivity contribution is 7.89. The van der Waals surface area contributed by atoms with E-state index in [9.17, 15) is 8.42 Å². The minimum absolute atomic E-state index is 0.0503. The smallest absolute Gasteiger partial charge is 0.246 e. The van der Waals surface area contributed by atoms with Crippen LogP contribution in [-0.2, 0) is 16.6 Å². The van der Waals surface area contributed by atoms with Crippen LogP contribution in [0.15, 0.2) is 11.1 Å². The van der Waals surface area contributed by atoms with Crippen molar-refractivity contribution in [1.29, 1.82) is 0 Å². The third-order valence-electron chi connectivity index (χ3n) is 2.78. The van der Waals surface area contributed by atoms with E-state index in [2.05, 4.69) is 9.82 Å². The zero-order valence-corrected chi connectivity index (χ0v) is 10.2. The number of hydrogen-bond acceptors (Lipinski definition) is 4. The fourth-order valence-corrected chi connectivity index (χ4v) is 2.97. The molecule has 1 heterocycles. The summed E-state index contributed by atoms with van der Waals surface area (Å²) in [5, 5.41) is 3.92. The van der Waals surface area contributed by atoms with Gasteiger partial charge in [-0.05, 0) is 19.3 Å². The summed E-state index contributed by atoms with van der Waals surface area (Å²) in [6.07, 6.45) is 2.35. The van der Waals surface area contributed by atoms with Gasteiger partial charge in [0, 0.05) is 18.8 Å².